The fourth-order valence-corrected chi connectivity index (χ4v) is 7.99. The molecular formula is C21H42B2O9P2. The van der Waals surface area contributed by atoms with Crippen LogP contribution in [0.2, 0.25) is 0 Å². The van der Waals surface area contributed by atoms with Gasteiger partial charge >= 0.3 is 7.60 Å². The van der Waals surface area contributed by atoms with Crippen molar-refractivity contribution in [3.8, 4) is 0 Å². The van der Waals surface area contributed by atoms with Crippen molar-refractivity contribution in [1.82, 2.24) is 0 Å². The maximum Gasteiger partial charge on any atom is 0.359 e. The minimum absolute atomic E-state index is 0.0359. The SMILES string of the molecule is [B][C@@H]1O[C@H](CC(C)(CC)OP([B])(=O)C(C)(CC)C(C)(CC)OP(=O)(O)C(C)(O)CC)[C@@H](O)[C@H]1O. The van der Waals surface area contributed by atoms with Crippen LogP contribution < -0.4 is 0 Å². The van der Waals surface area contributed by atoms with Crippen molar-refractivity contribution >= 4 is 30.3 Å². The molecule has 1 heterocycles. The second-order valence-electron chi connectivity index (χ2n) is 10.2. The predicted molar refractivity (Wildman–Crippen MR) is 133 cm³/mol. The molecule has 0 saturated carbocycles. The first kappa shape index (κ1) is 32.3. The van der Waals surface area contributed by atoms with E-state index in [1.54, 1.807) is 41.5 Å². The molecule has 1 aliphatic rings. The van der Waals surface area contributed by atoms with Crippen molar-refractivity contribution in [2.45, 2.75) is 134 Å². The lowest BCUT2D eigenvalue weighted by Crippen LogP contribution is -2.53. The number of hydrogen-bond acceptors (Lipinski definition) is 8. The quantitative estimate of drug-likeness (QED) is 0.212. The second-order valence-corrected chi connectivity index (χ2v) is 14.8. The van der Waals surface area contributed by atoms with E-state index in [4.69, 9.17) is 29.2 Å². The van der Waals surface area contributed by atoms with Gasteiger partial charge in [-0.2, -0.15) is 0 Å². The smallest absolute Gasteiger partial charge is 0.359 e. The Kier molecular flexibility index (Phi) is 10.4. The first-order valence-corrected chi connectivity index (χ1v) is 15.1. The third kappa shape index (κ3) is 6.06. The summed E-state index contributed by atoms with van der Waals surface area (Å²) in [6.07, 6.45) is -2.72. The first-order valence-electron chi connectivity index (χ1n) is 11.8. The van der Waals surface area contributed by atoms with Crippen LogP contribution in [0.15, 0.2) is 0 Å². The van der Waals surface area contributed by atoms with Gasteiger partial charge in [-0.3, -0.25) is 9.09 Å². The minimum Gasteiger partial charge on any atom is -0.388 e. The van der Waals surface area contributed by atoms with Gasteiger partial charge in [0.25, 0.3) is 0 Å². The Morgan fingerprint density at radius 1 is 0.912 bits per heavy atom. The van der Waals surface area contributed by atoms with E-state index < -0.39 is 60.9 Å². The van der Waals surface area contributed by atoms with Crippen LogP contribution in [-0.4, -0.2) is 81.6 Å². The van der Waals surface area contributed by atoms with Crippen LogP contribution in [0, 0.1) is 0 Å². The Hall–Kier alpha value is 0.310. The third-order valence-electron chi connectivity index (χ3n) is 7.93. The van der Waals surface area contributed by atoms with Gasteiger partial charge in [-0.15, -0.1) is 0 Å². The van der Waals surface area contributed by atoms with Crippen molar-refractivity contribution in [3.05, 3.63) is 0 Å². The Morgan fingerprint density at radius 3 is 1.79 bits per heavy atom. The highest BCUT2D eigenvalue weighted by atomic mass is 31.2. The number of aliphatic hydroxyl groups is 3. The zero-order chi connectivity index (χ0) is 27.0. The van der Waals surface area contributed by atoms with E-state index in [2.05, 4.69) is 0 Å². The summed E-state index contributed by atoms with van der Waals surface area (Å²) < 4.78 is 44.4. The van der Waals surface area contributed by atoms with Gasteiger partial charge in [0.1, 0.15) is 14.0 Å². The van der Waals surface area contributed by atoms with Gasteiger partial charge in [0.2, 0.25) is 7.57 Å². The molecular weight excluding hydrogens is 480 g/mol. The maximum atomic E-state index is 14.1. The average Bonchev–Trinajstić information content (AvgIpc) is 2.97. The van der Waals surface area contributed by atoms with Gasteiger partial charge < -0.3 is 34.0 Å². The van der Waals surface area contributed by atoms with Gasteiger partial charge in [-0.25, -0.2) is 0 Å². The monoisotopic (exact) mass is 522 g/mol. The van der Waals surface area contributed by atoms with Crippen molar-refractivity contribution in [2.24, 2.45) is 0 Å². The molecule has 10 atom stereocenters. The molecule has 0 aromatic carbocycles. The lowest BCUT2D eigenvalue weighted by atomic mass is 9.85. The van der Waals surface area contributed by atoms with Crippen LogP contribution in [0.3, 0.4) is 0 Å². The summed E-state index contributed by atoms with van der Waals surface area (Å²) >= 11 is 0. The molecule has 0 bridgehead atoms. The first-order chi connectivity index (χ1) is 15.2. The summed E-state index contributed by atoms with van der Waals surface area (Å²) in [5.74, 6) is 0. The highest BCUT2D eigenvalue weighted by Gasteiger charge is 2.59. The van der Waals surface area contributed by atoms with Gasteiger partial charge in [-0.05, 0) is 53.4 Å². The molecule has 1 aliphatic heterocycles. The second kappa shape index (κ2) is 11.0. The summed E-state index contributed by atoms with van der Waals surface area (Å²) in [7, 11) is 3.37. The van der Waals surface area contributed by atoms with Crippen molar-refractivity contribution < 1.29 is 43.1 Å². The molecule has 1 rings (SSSR count). The van der Waals surface area contributed by atoms with E-state index >= 15 is 0 Å². The van der Waals surface area contributed by atoms with Crippen LogP contribution in [-0.2, 0) is 22.9 Å². The molecule has 9 nitrogen and oxygen atoms in total. The number of rotatable bonds is 13. The molecule has 4 N–H and O–H groups in total. The molecule has 1 fully saturated rings. The summed E-state index contributed by atoms with van der Waals surface area (Å²) in [5, 5.41) is 27.2. The topological polar surface area (TPSA) is 143 Å². The van der Waals surface area contributed by atoms with Crippen LogP contribution in [0.4, 0.5) is 0 Å². The van der Waals surface area contributed by atoms with Crippen LogP contribution in [0.1, 0.15) is 87.5 Å². The van der Waals surface area contributed by atoms with E-state index in [0.29, 0.717) is 6.42 Å². The van der Waals surface area contributed by atoms with Crippen LogP contribution in [0.5, 0.6) is 0 Å². The number of hydrogen-bond donors (Lipinski definition) is 4. The average molecular weight is 522 g/mol. The Labute approximate surface area is 207 Å². The van der Waals surface area contributed by atoms with E-state index in [1.807, 2.05) is 0 Å². The molecule has 4 radical (unpaired) electrons. The Morgan fingerprint density at radius 2 is 1.44 bits per heavy atom. The summed E-state index contributed by atoms with van der Waals surface area (Å²) in [4.78, 5) is 10.6. The zero-order valence-corrected chi connectivity index (χ0v) is 23.5. The third-order valence-corrected chi connectivity index (χ3v) is 13.0. The Bertz CT molecular complexity index is 800. The Balaban J connectivity index is 3.35. The van der Waals surface area contributed by atoms with E-state index in [9.17, 15) is 29.3 Å². The molecule has 0 amide bonds. The van der Waals surface area contributed by atoms with E-state index in [0.717, 1.165) is 0 Å². The van der Waals surface area contributed by atoms with Crippen molar-refractivity contribution in [3.63, 3.8) is 0 Å². The number of aliphatic hydroxyl groups excluding tert-OH is 2. The van der Waals surface area contributed by atoms with Gasteiger partial charge in [0, 0.05) is 12.4 Å². The molecule has 1 saturated heterocycles. The van der Waals surface area contributed by atoms with Gasteiger partial charge in [0.05, 0.1) is 28.6 Å². The summed E-state index contributed by atoms with van der Waals surface area (Å²) in [6.45, 7) is 12.8. The lowest BCUT2D eigenvalue weighted by Gasteiger charge is -2.51. The summed E-state index contributed by atoms with van der Waals surface area (Å²) in [5.41, 5.74) is -2.66. The van der Waals surface area contributed by atoms with E-state index in [-0.39, 0.29) is 25.7 Å². The zero-order valence-electron chi connectivity index (χ0n) is 21.7. The minimum atomic E-state index is -4.59. The van der Waals surface area contributed by atoms with E-state index in [1.165, 1.54) is 13.8 Å². The molecule has 6 unspecified atom stereocenters. The maximum absolute atomic E-state index is 14.1. The highest BCUT2D eigenvalue weighted by molar-refractivity contribution is 7.84. The molecule has 0 aliphatic carbocycles. The van der Waals surface area contributed by atoms with Crippen molar-refractivity contribution in [1.29, 1.82) is 0 Å². The van der Waals surface area contributed by atoms with Crippen LogP contribution in [0.25, 0.3) is 0 Å². The normalized spacial score (nSPS) is 34.1. The largest absolute Gasteiger partial charge is 0.388 e. The molecule has 0 spiro atoms. The van der Waals surface area contributed by atoms with Gasteiger partial charge in [0.15, 0.2) is 12.6 Å². The fraction of sp³-hybridized carbons (Fsp3) is 1.00. The molecule has 13 heteroatoms. The van der Waals surface area contributed by atoms with Gasteiger partial charge in [-0.1, -0.05) is 27.7 Å². The fourth-order valence-electron chi connectivity index (χ4n) is 4.08. The number of ether oxygens (including phenoxy) is 1. The molecule has 0 aromatic rings. The standard InChI is InChI=1S/C21H42B2O9P2/c1-9-18(5,13-14-15(24)16(25)17(22)30-14)31-33(23,27)20(7,11-3)19(6,10-2)32-34(28,29)21(8,26)12-4/h14-17,24-26H,9-13H2,1-8H3,(H,28,29)/t14-,15-,16-,17-,18?,19?,20?,21?,33?/m1/s1. The molecule has 0 aromatic heterocycles. The molecule has 34 heavy (non-hydrogen) atoms. The summed E-state index contributed by atoms with van der Waals surface area (Å²) in [6, 6.07) is -1.06. The highest BCUT2D eigenvalue weighted by Crippen LogP contribution is 2.69. The van der Waals surface area contributed by atoms with Crippen LogP contribution >= 0.6 is 14.8 Å². The molecule has 196 valence electrons. The van der Waals surface area contributed by atoms with Crippen molar-refractivity contribution in [2.75, 3.05) is 0 Å². The predicted octanol–water partition coefficient (Wildman–Crippen LogP) is 3.20. The lowest BCUT2D eigenvalue weighted by molar-refractivity contribution is -0.0386.